The fourth-order valence-electron chi connectivity index (χ4n) is 0.613. The number of hydrogen-bond donors (Lipinski definition) is 1. The number of ether oxygens (including phenoxy) is 1. The highest BCUT2D eigenvalue weighted by Crippen LogP contribution is 1.88. The summed E-state index contributed by atoms with van der Waals surface area (Å²) in [7, 11) is 0. The molecule has 1 atom stereocenters. The molecular formula is C5H11NO. The summed E-state index contributed by atoms with van der Waals surface area (Å²) in [6.07, 6.45) is 0. The second kappa shape index (κ2) is 2.28. The van der Waals surface area contributed by atoms with E-state index in [2.05, 4.69) is 5.32 Å². The Bertz CT molecular complexity index is 76.5. The fourth-order valence-corrected chi connectivity index (χ4v) is 0.613. The quantitative estimate of drug-likeness (QED) is 0.464. The third-order valence-corrected chi connectivity index (χ3v) is 0.992. The standard InChI is InChI=1S/C5H11NO/c1-5-4-7-3-2-6-5/h5-6H,2-4H2,1H3/i5D. The molecule has 0 aromatic rings. The summed E-state index contributed by atoms with van der Waals surface area (Å²) >= 11 is 0. The Morgan fingerprint density at radius 3 is 3.14 bits per heavy atom. The molecule has 42 valence electrons. The predicted octanol–water partition coefficient (Wildman–Crippen LogP) is -0.00530. The molecule has 0 aromatic heterocycles. The molecule has 2 nitrogen and oxygen atoms in total. The number of rotatable bonds is 0. The maximum Gasteiger partial charge on any atom is 0.0617 e. The van der Waals surface area contributed by atoms with E-state index in [-0.39, 0.29) is 0 Å². The summed E-state index contributed by atoms with van der Waals surface area (Å²) in [5, 5.41) is 3.00. The van der Waals surface area contributed by atoms with Gasteiger partial charge in [-0.25, -0.2) is 0 Å². The summed E-state index contributed by atoms with van der Waals surface area (Å²) < 4.78 is 12.4. The summed E-state index contributed by atoms with van der Waals surface area (Å²) in [6, 6.07) is -0.543. The van der Waals surface area contributed by atoms with E-state index >= 15 is 0 Å². The van der Waals surface area contributed by atoms with Crippen molar-refractivity contribution in [2.24, 2.45) is 0 Å². The summed E-state index contributed by atoms with van der Waals surface area (Å²) in [5.74, 6) is 0. The van der Waals surface area contributed by atoms with Gasteiger partial charge in [0, 0.05) is 13.9 Å². The van der Waals surface area contributed by atoms with Crippen molar-refractivity contribution < 1.29 is 6.11 Å². The predicted molar refractivity (Wildman–Crippen MR) is 28.3 cm³/mol. The highest BCUT2D eigenvalue weighted by atomic mass is 16.5. The SMILES string of the molecule is [2H]C1(C)COCCN1. The van der Waals surface area contributed by atoms with Gasteiger partial charge in [-0.05, 0) is 6.92 Å². The van der Waals surface area contributed by atoms with Crippen molar-refractivity contribution in [2.45, 2.75) is 12.9 Å². The van der Waals surface area contributed by atoms with Gasteiger partial charge in [0.05, 0.1) is 13.2 Å². The van der Waals surface area contributed by atoms with Gasteiger partial charge in [-0.1, -0.05) is 0 Å². The Labute approximate surface area is 45.3 Å². The van der Waals surface area contributed by atoms with Crippen LogP contribution in [0.3, 0.4) is 0 Å². The van der Waals surface area contributed by atoms with Gasteiger partial charge in [-0.3, -0.25) is 0 Å². The molecule has 0 saturated carbocycles. The van der Waals surface area contributed by atoms with E-state index in [4.69, 9.17) is 6.11 Å². The number of morpholine rings is 1. The Kier molecular flexibility index (Phi) is 1.26. The minimum atomic E-state index is -0.543. The molecule has 0 amide bonds. The molecule has 1 rings (SSSR count). The molecule has 0 aromatic carbocycles. The lowest BCUT2D eigenvalue weighted by Gasteiger charge is -2.19. The van der Waals surface area contributed by atoms with E-state index in [1.807, 2.05) is 6.92 Å². The van der Waals surface area contributed by atoms with Crippen molar-refractivity contribution in [1.29, 1.82) is 0 Å². The van der Waals surface area contributed by atoms with Crippen LogP contribution in [0, 0.1) is 0 Å². The minimum absolute atomic E-state index is 0.507. The minimum Gasteiger partial charge on any atom is -0.379 e. The van der Waals surface area contributed by atoms with Crippen molar-refractivity contribution in [1.82, 2.24) is 5.32 Å². The summed E-state index contributed by atoms with van der Waals surface area (Å²) in [6.45, 7) is 3.87. The van der Waals surface area contributed by atoms with Crippen LogP contribution in [0.2, 0.25) is 0 Å². The van der Waals surface area contributed by atoms with E-state index < -0.39 is 6.02 Å². The van der Waals surface area contributed by atoms with Crippen molar-refractivity contribution in [2.75, 3.05) is 19.8 Å². The third-order valence-electron chi connectivity index (χ3n) is 0.992. The Hall–Kier alpha value is -0.0800. The van der Waals surface area contributed by atoms with E-state index in [1.54, 1.807) is 0 Å². The van der Waals surface area contributed by atoms with Crippen LogP contribution < -0.4 is 5.32 Å². The maximum absolute atomic E-state index is 7.39. The Balaban J connectivity index is 2.33. The average Bonchev–Trinajstić information content (AvgIpc) is 1.65. The van der Waals surface area contributed by atoms with Gasteiger partial charge in [0.15, 0.2) is 0 Å². The first-order valence-electron chi connectivity index (χ1n) is 3.03. The molecule has 0 aliphatic carbocycles. The Morgan fingerprint density at radius 1 is 2.00 bits per heavy atom. The normalized spacial score (nSPS) is 45.6. The van der Waals surface area contributed by atoms with Crippen LogP contribution in [0.1, 0.15) is 8.29 Å². The second-order valence-electron chi connectivity index (χ2n) is 1.76. The second-order valence-corrected chi connectivity index (χ2v) is 1.76. The van der Waals surface area contributed by atoms with Crippen LogP contribution >= 0.6 is 0 Å². The van der Waals surface area contributed by atoms with Crippen LogP contribution in [0.4, 0.5) is 0 Å². The summed E-state index contributed by atoms with van der Waals surface area (Å²) in [4.78, 5) is 0. The van der Waals surface area contributed by atoms with Gasteiger partial charge in [0.25, 0.3) is 0 Å². The zero-order chi connectivity index (χ0) is 6.04. The zero-order valence-electron chi connectivity index (χ0n) is 5.53. The first-order valence-corrected chi connectivity index (χ1v) is 2.53. The molecule has 1 heterocycles. The topological polar surface area (TPSA) is 21.3 Å². The van der Waals surface area contributed by atoms with Gasteiger partial charge in [0.2, 0.25) is 0 Å². The molecule has 0 bridgehead atoms. The zero-order valence-corrected chi connectivity index (χ0v) is 4.53. The van der Waals surface area contributed by atoms with Crippen molar-refractivity contribution in [3.63, 3.8) is 0 Å². The highest BCUT2D eigenvalue weighted by molar-refractivity contribution is 4.62. The first-order chi connectivity index (χ1) is 3.71. The molecule has 0 radical (unpaired) electrons. The molecule has 1 N–H and O–H groups in total. The van der Waals surface area contributed by atoms with Gasteiger partial charge in [0.1, 0.15) is 0 Å². The van der Waals surface area contributed by atoms with Crippen LogP contribution in [0.15, 0.2) is 0 Å². The van der Waals surface area contributed by atoms with Gasteiger partial charge < -0.3 is 10.1 Å². The highest BCUT2D eigenvalue weighted by Gasteiger charge is 2.04. The van der Waals surface area contributed by atoms with Crippen LogP contribution in [-0.4, -0.2) is 25.8 Å². The molecule has 1 aliphatic rings. The smallest absolute Gasteiger partial charge is 0.0617 e. The molecule has 1 aliphatic heterocycles. The third kappa shape index (κ3) is 1.45. The van der Waals surface area contributed by atoms with Crippen molar-refractivity contribution in [3.05, 3.63) is 0 Å². The molecule has 2 heteroatoms. The van der Waals surface area contributed by atoms with Crippen molar-refractivity contribution in [3.8, 4) is 0 Å². The van der Waals surface area contributed by atoms with E-state index in [9.17, 15) is 0 Å². The number of hydrogen-bond acceptors (Lipinski definition) is 2. The van der Waals surface area contributed by atoms with Gasteiger partial charge >= 0.3 is 0 Å². The van der Waals surface area contributed by atoms with Gasteiger partial charge in [-0.15, -0.1) is 0 Å². The van der Waals surface area contributed by atoms with E-state index in [0.717, 1.165) is 13.2 Å². The van der Waals surface area contributed by atoms with E-state index in [1.165, 1.54) is 0 Å². The molecular weight excluding hydrogens is 90.1 g/mol. The molecule has 1 fully saturated rings. The monoisotopic (exact) mass is 102 g/mol. The molecule has 7 heavy (non-hydrogen) atoms. The lowest BCUT2D eigenvalue weighted by molar-refractivity contribution is 0.0824. The Morgan fingerprint density at radius 2 is 2.86 bits per heavy atom. The first kappa shape index (κ1) is 3.87. The van der Waals surface area contributed by atoms with Gasteiger partial charge in [-0.2, -0.15) is 0 Å². The maximum atomic E-state index is 7.39. The van der Waals surface area contributed by atoms with E-state index in [0.29, 0.717) is 6.61 Å². The summed E-state index contributed by atoms with van der Waals surface area (Å²) in [5.41, 5.74) is 0. The fraction of sp³-hybridized carbons (Fsp3) is 1.00. The lowest BCUT2D eigenvalue weighted by atomic mass is 10.3. The van der Waals surface area contributed by atoms with Crippen LogP contribution in [0.5, 0.6) is 0 Å². The number of nitrogens with one attached hydrogen (secondary N) is 1. The average molecular weight is 102 g/mol. The van der Waals surface area contributed by atoms with Crippen LogP contribution in [-0.2, 0) is 4.74 Å². The van der Waals surface area contributed by atoms with Crippen molar-refractivity contribution >= 4 is 0 Å². The largest absolute Gasteiger partial charge is 0.379 e. The molecule has 1 unspecified atom stereocenters. The molecule has 0 spiro atoms. The van der Waals surface area contributed by atoms with Crippen LogP contribution in [0.25, 0.3) is 0 Å². The molecule has 1 saturated heterocycles. The lowest BCUT2D eigenvalue weighted by Crippen LogP contribution is -2.38.